The minimum absolute atomic E-state index is 0.00934. The smallest absolute Gasteiger partial charge is 0.266 e. The van der Waals surface area contributed by atoms with E-state index in [1.54, 1.807) is 24.3 Å². The lowest BCUT2D eigenvalue weighted by atomic mass is 10.1. The molecular weight excluding hydrogens is 422 g/mol. The molecule has 2 atom stereocenters. The SMILES string of the molecule is COCc1c(C(=O)Nc2ccc(N3CC(C)OC(C)C3)c(F)c2)sc2cccc(F)c12. The number of methoxy groups -OCH3 is 1. The summed E-state index contributed by atoms with van der Waals surface area (Å²) in [6, 6.07) is 9.37. The van der Waals surface area contributed by atoms with Crippen LogP contribution in [0.15, 0.2) is 36.4 Å². The first kappa shape index (κ1) is 21.7. The molecule has 4 rings (SSSR count). The molecule has 0 bridgehead atoms. The Morgan fingerprint density at radius 3 is 2.61 bits per heavy atom. The van der Waals surface area contributed by atoms with E-state index >= 15 is 0 Å². The molecule has 1 N–H and O–H groups in total. The summed E-state index contributed by atoms with van der Waals surface area (Å²) >= 11 is 1.19. The van der Waals surface area contributed by atoms with Crippen molar-refractivity contribution in [3.63, 3.8) is 0 Å². The summed E-state index contributed by atoms with van der Waals surface area (Å²) in [5.74, 6) is -1.24. The molecule has 5 nitrogen and oxygen atoms in total. The highest BCUT2D eigenvalue weighted by atomic mass is 32.1. The van der Waals surface area contributed by atoms with Gasteiger partial charge in [0.15, 0.2) is 0 Å². The Morgan fingerprint density at radius 1 is 1.19 bits per heavy atom. The molecule has 31 heavy (non-hydrogen) atoms. The van der Waals surface area contributed by atoms with Crippen molar-refractivity contribution < 1.29 is 23.0 Å². The summed E-state index contributed by atoms with van der Waals surface area (Å²) in [5, 5.41) is 3.12. The molecule has 0 spiro atoms. The summed E-state index contributed by atoms with van der Waals surface area (Å²) in [4.78, 5) is 15.2. The number of carbonyl (C=O) groups excluding carboxylic acids is 1. The summed E-state index contributed by atoms with van der Waals surface area (Å²) in [6.45, 7) is 5.22. The number of fused-ring (bicyclic) bond motifs is 1. The number of nitrogens with one attached hydrogen (secondary N) is 1. The molecule has 2 heterocycles. The van der Waals surface area contributed by atoms with Crippen molar-refractivity contribution in [2.45, 2.75) is 32.7 Å². The van der Waals surface area contributed by atoms with E-state index in [-0.39, 0.29) is 18.8 Å². The number of ether oxygens (including phenoxy) is 2. The number of rotatable bonds is 5. The topological polar surface area (TPSA) is 50.8 Å². The van der Waals surface area contributed by atoms with Gasteiger partial charge in [-0.05, 0) is 44.2 Å². The van der Waals surface area contributed by atoms with Crippen LogP contribution in [0.5, 0.6) is 0 Å². The van der Waals surface area contributed by atoms with E-state index in [2.05, 4.69) is 5.32 Å². The number of halogens is 2. The molecule has 0 radical (unpaired) electrons. The predicted octanol–water partition coefficient (Wildman–Crippen LogP) is 5.19. The molecular formula is C23H24F2N2O3S. The second-order valence-electron chi connectivity index (χ2n) is 7.74. The van der Waals surface area contributed by atoms with Crippen molar-refractivity contribution in [1.29, 1.82) is 0 Å². The number of amides is 1. The van der Waals surface area contributed by atoms with Gasteiger partial charge in [0, 0.05) is 41.5 Å². The second kappa shape index (κ2) is 8.90. The second-order valence-corrected chi connectivity index (χ2v) is 8.79. The first-order chi connectivity index (χ1) is 14.9. The zero-order chi connectivity index (χ0) is 22.1. The quantitative estimate of drug-likeness (QED) is 0.586. The molecule has 164 valence electrons. The van der Waals surface area contributed by atoms with E-state index < -0.39 is 17.5 Å². The third-order valence-electron chi connectivity index (χ3n) is 5.22. The van der Waals surface area contributed by atoms with Crippen molar-refractivity contribution in [2.24, 2.45) is 0 Å². The Kier molecular flexibility index (Phi) is 6.22. The van der Waals surface area contributed by atoms with Gasteiger partial charge < -0.3 is 19.7 Å². The number of carbonyl (C=O) groups is 1. The van der Waals surface area contributed by atoms with Crippen LogP contribution in [-0.4, -0.2) is 38.3 Å². The number of nitrogens with zero attached hydrogens (tertiary/aromatic N) is 1. The molecule has 8 heteroatoms. The number of morpholine rings is 1. The van der Waals surface area contributed by atoms with Gasteiger partial charge in [0.1, 0.15) is 11.6 Å². The highest BCUT2D eigenvalue weighted by Gasteiger charge is 2.25. The Hall–Kier alpha value is -2.55. The van der Waals surface area contributed by atoms with E-state index in [0.717, 1.165) is 0 Å². The number of benzene rings is 2. The van der Waals surface area contributed by atoms with Gasteiger partial charge in [-0.25, -0.2) is 8.78 Å². The van der Waals surface area contributed by atoms with Gasteiger partial charge in [0.2, 0.25) is 0 Å². The van der Waals surface area contributed by atoms with Crippen LogP contribution in [0.3, 0.4) is 0 Å². The van der Waals surface area contributed by atoms with Crippen LogP contribution in [0.25, 0.3) is 10.1 Å². The summed E-state index contributed by atoms with van der Waals surface area (Å²) in [6.07, 6.45) is 0.0187. The lowest BCUT2D eigenvalue weighted by Gasteiger charge is -2.37. The molecule has 1 fully saturated rings. The molecule has 1 aromatic heterocycles. The Morgan fingerprint density at radius 2 is 1.94 bits per heavy atom. The molecule has 2 unspecified atom stereocenters. The maximum Gasteiger partial charge on any atom is 0.266 e. The fourth-order valence-electron chi connectivity index (χ4n) is 4.04. The van der Waals surface area contributed by atoms with Gasteiger partial charge in [-0.3, -0.25) is 4.79 Å². The summed E-state index contributed by atoms with van der Waals surface area (Å²) in [5.41, 5.74) is 1.30. The zero-order valence-electron chi connectivity index (χ0n) is 17.6. The zero-order valence-corrected chi connectivity index (χ0v) is 18.4. The van der Waals surface area contributed by atoms with Gasteiger partial charge in [0.05, 0.1) is 29.4 Å². The largest absolute Gasteiger partial charge is 0.380 e. The van der Waals surface area contributed by atoms with Gasteiger partial charge in [-0.2, -0.15) is 0 Å². The molecule has 2 aromatic carbocycles. The normalized spacial score (nSPS) is 19.1. The van der Waals surface area contributed by atoms with E-state index in [9.17, 15) is 13.6 Å². The third kappa shape index (κ3) is 4.42. The number of anilines is 2. The molecule has 0 saturated carbocycles. The Labute approximate surface area is 183 Å². The molecule has 1 saturated heterocycles. The van der Waals surface area contributed by atoms with Crippen LogP contribution < -0.4 is 10.2 Å². The molecule has 1 aliphatic heterocycles. The van der Waals surface area contributed by atoms with Crippen LogP contribution in [0.1, 0.15) is 29.1 Å². The van der Waals surface area contributed by atoms with Crippen LogP contribution in [-0.2, 0) is 16.1 Å². The van der Waals surface area contributed by atoms with E-state index in [1.807, 2.05) is 18.7 Å². The Bertz CT molecular complexity index is 1110. The first-order valence-electron chi connectivity index (χ1n) is 10.1. The van der Waals surface area contributed by atoms with E-state index in [4.69, 9.17) is 9.47 Å². The average Bonchev–Trinajstić information content (AvgIpc) is 3.07. The van der Waals surface area contributed by atoms with Crippen LogP contribution >= 0.6 is 11.3 Å². The average molecular weight is 447 g/mol. The van der Waals surface area contributed by atoms with Crippen molar-refractivity contribution >= 4 is 38.7 Å². The van der Waals surface area contributed by atoms with Crippen molar-refractivity contribution in [3.05, 3.63) is 58.5 Å². The first-order valence-corrected chi connectivity index (χ1v) is 10.9. The number of hydrogen-bond acceptors (Lipinski definition) is 5. The van der Waals surface area contributed by atoms with Crippen LogP contribution in [0, 0.1) is 11.6 Å². The van der Waals surface area contributed by atoms with Crippen molar-refractivity contribution in [3.8, 4) is 0 Å². The van der Waals surface area contributed by atoms with Gasteiger partial charge >= 0.3 is 0 Å². The fraction of sp³-hybridized carbons (Fsp3) is 0.348. The van der Waals surface area contributed by atoms with Crippen molar-refractivity contribution in [1.82, 2.24) is 0 Å². The molecule has 1 amide bonds. The lowest BCUT2D eigenvalue weighted by molar-refractivity contribution is -0.00539. The highest BCUT2D eigenvalue weighted by Crippen LogP contribution is 2.34. The lowest BCUT2D eigenvalue weighted by Crippen LogP contribution is -2.45. The van der Waals surface area contributed by atoms with Gasteiger partial charge in [-0.15, -0.1) is 11.3 Å². The van der Waals surface area contributed by atoms with E-state index in [0.29, 0.717) is 45.0 Å². The minimum atomic E-state index is -0.423. The fourth-order valence-corrected chi connectivity index (χ4v) is 5.15. The van der Waals surface area contributed by atoms with Crippen molar-refractivity contribution in [2.75, 3.05) is 30.4 Å². The maximum atomic E-state index is 14.9. The minimum Gasteiger partial charge on any atom is -0.380 e. The molecule has 0 aliphatic carbocycles. The molecule has 3 aromatic rings. The van der Waals surface area contributed by atoms with Gasteiger partial charge in [-0.1, -0.05) is 6.07 Å². The highest BCUT2D eigenvalue weighted by molar-refractivity contribution is 7.21. The van der Waals surface area contributed by atoms with Crippen LogP contribution in [0.2, 0.25) is 0 Å². The third-order valence-corrected chi connectivity index (χ3v) is 6.42. The summed E-state index contributed by atoms with van der Waals surface area (Å²) in [7, 11) is 1.49. The number of thiophene rings is 1. The maximum absolute atomic E-state index is 14.9. The van der Waals surface area contributed by atoms with Gasteiger partial charge in [0.25, 0.3) is 5.91 Å². The standard InChI is InChI=1S/C23H24F2N2O3S/c1-13-10-27(11-14(2)30-13)19-8-7-15(9-18(19)25)26-23(28)22-16(12-29-3)21-17(24)5-4-6-20(21)31-22/h4-9,13-14H,10-12H2,1-3H3,(H,26,28). The van der Waals surface area contributed by atoms with Crippen LogP contribution in [0.4, 0.5) is 20.2 Å². The number of hydrogen-bond donors (Lipinski definition) is 1. The summed E-state index contributed by atoms with van der Waals surface area (Å²) < 4.78 is 40.8. The Balaban J connectivity index is 1.59. The van der Waals surface area contributed by atoms with E-state index in [1.165, 1.54) is 30.6 Å². The monoisotopic (exact) mass is 446 g/mol. The predicted molar refractivity (Wildman–Crippen MR) is 119 cm³/mol. The molecule has 1 aliphatic rings.